The summed E-state index contributed by atoms with van der Waals surface area (Å²) in [6, 6.07) is 97.9. The van der Waals surface area contributed by atoms with Crippen LogP contribution in [0.25, 0.3) is 116 Å². The molecular formula is C74H55N. The molecule has 0 amide bonds. The number of allylic oxidation sites excluding steroid dienone is 1. The summed E-state index contributed by atoms with van der Waals surface area (Å²) in [5, 5.41) is 4.75. The second-order valence-electron chi connectivity index (χ2n) is 19.8. The number of hydrogen-bond acceptors (Lipinski definition) is 1. The van der Waals surface area contributed by atoms with Gasteiger partial charge in [-0.05, 0) is 203 Å². The Morgan fingerprint density at radius 3 is 0.973 bits per heavy atom. The average molecular weight is 958 g/mol. The first-order chi connectivity index (χ1) is 36.8. The predicted octanol–water partition coefficient (Wildman–Crippen LogP) is 20.8. The van der Waals surface area contributed by atoms with Crippen LogP contribution in [-0.2, 0) is 0 Å². The summed E-state index contributed by atoms with van der Waals surface area (Å²) >= 11 is 0. The predicted molar refractivity (Wildman–Crippen MR) is 323 cm³/mol. The highest BCUT2D eigenvalue weighted by molar-refractivity contribution is 6.23. The zero-order valence-electron chi connectivity index (χ0n) is 42.6. The number of benzene rings is 12. The molecule has 12 aromatic carbocycles. The summed E-state index contributed by atoms with van der Waals surface area (Å²) in [5.74, 6) is 0. The lowest BCUT2D eigenvalue weighted by atomic mass is 9.81. The standard InChI is InChI=1S/C74H55N/c1-49(2)52-29-33-58(34-30-52)60-37-39-68-70(47-60)73(66-43-62(54-20-9-5-10-21-54)41-63(44-66)55-22-11-6-12-23-55)69-40-38-61(59-35-31-53(32-36-59)51(4)75-72-28-18-17-19-50(72)3)48-71(69)74(68)67-45-64(56-24-13-7-14-25-56)42-65(46-67)57-26-15-8-16-27-57/h5-48H,1H2,2-4H3. The lowest BCUT2D eigenvalue weighted by molar-refractivity contribution is 1.38. The van der Waals surface area contributed by atoms with E-state index in [0.717, 1.165) is 67.0 Å². The third kappa shape index (κ3) is 9.45. The Morgan fingerprint density at radius 2 is 0.600 bits per heavy atom. The molecule has 0 aromatic heterocycles. The molecule has 356 valence electrons. The Kier molecular flexibility index (Phi) is 12.6. The van der Waals surface area contributed by atoms with Gasteiger partial charge in [0.15, 0.2) is 0 Å². The van der Waals surface area contributed by atoms with Crippen molar-refractivity contribution >= 4 is 38.5 Å². The molecule has 1 heteroatoms. The Hall–Kier alpha value is -9.43. The summed E-state index contributed by atoms with van der Waals surface area (Å²) in [7, 11) is 0. The molecule has 0 aliphatic carbocycles. The first kappa shape index (κ1) is 46.6. The quantitative estimate of drug-likeness (QED) is 0.0905. The van der Waals surface area contributed by atoms with E-state index >= 15 is 0 Å². The highest BCUT2D eigenvalue weighted by Crippen LogP contribution is 2.49. The van der Waals surface area contributed by atoms with Crippen molar-refractivity contribution in [3.05, 3.63) is 290 Å². The molecule has 0 radical (unpaired) electrons. The number of hydrogen-bond donors (Lipinski definition) is 0. The van der Waals surface area contributed by atoms with Gasteiger partial charge in [-0.3, -0.25) is 4.99 Å². The van der Waals surface area contributed by atoms with E-state index in [4.69, 9.17) is 4.99 Å². The Bertz CT molecular complexity index is 3980. The van der Waals surface area contributed by atoms with Crippen molar-refractivity contribution in [3.8, 4) is 89.0 Å². The Morgan fingerprint density at radius 1 is 0.280 bits per heavy atom. The number of rotatable bonds is 11. The first-order valence-electron chi connectivity index (χ1n) is 25.9. The van der Waals surface area contributed by atoms with Crippen LogP contribution in [-0.4, -0.2) is 5.71 Å². The minimum Gasteiger partial charge on any atom is -0.253 e. The Labute approximate surface area is 441 Å². The maximum Gasteiger partial charge on any atom is 0.0662 e. The molecule has 0 unspecified atom stereocenters. The molecule has 0 spiro atoms. The number of para-hydroxylation sites is 1. The number of fused-ring (bicyclic) bond motifs is 2. The molecule has 0 saturated carbocycles. The topological polar surface area (TPSA) is 12.4 Å². The zero-order valence-corrected chi connectivity index (χ0v) is 42.6. The van der Waals surface area contributed by atoms with E-state index in [1.807, 2.05) is 0 Å². The van der Waals surface area contributed by atoms with Gasteiger partial charge < -0.3 is 0 Å². The minimum absolute atomic E-state index is 0.985. The van der Waals surface area contributed by atoms with Crippen molar-refractivity contribution in [1.82, 2.24) is 0 Å². The minimum atomic E-state index is 0.985. The van der Waals surface area contributed by atoms with Gasteiger partial charge in [0.1, 0.15) is 0 Å². The van der Waals surface area contributed by atoms with Crippen LogP contribution in [0.4, 0.5) is 5.69 Å². The van der Waals surface area contributed by atoms with Crippen molar-refractivity contribution in [3.63, 3.8) is 0 Å². The van der Waals surface area contributed by atoms with Gasteiger partial charge in [0, 0.05) is 5.71 Å². The van der Waals surface area contributed by atoms with E-state index in [1.165, 1.54) is 77.2 Å². The molecular weight excluding hydrogens is 903 g/mol. The van der Waals surface area contributed by atoms with E-state index < -0.39 is 0 Å². The molecule has 0 saturated heterocycles. The highest BCUT2D eigenvalue weighted by Gasteiger charge is 2.22. The molecule has 0 fully saturated rings. The second kappa shape index (κ2) is 20.2. The maximum atomic E-state index is 5.04. The third-order valence-corrected chi connectivity index (χ3v) is 14.7. The van der Waals surface area contributed by atoms with Gasteiger partial charge in [-0.15, -0.1) is 0 Å². The van der Waals surface area contributed by atoms with Crippen LogP contribution < -0.4 is 0 Å². The van der Waals surface area contributed by atoms with Gasteiger partial charge in [0.2, 0.25) is 0 Å². The van der Waals surface area contributed by atoms with Crippen LogP contribution in [0.2, 0.25) is 0 Å². The fraction of sp³-hybridized carbons (Fsp3) is 0.0405. The first-order valence-corrected chi connectivity index (χ1v) is 25.9. The van der Waals surface area contributed by atoms with Gasteiger partial charge in [0.25, 0.3) is 0 Å². The van der Waals surface area contributed by atoms with Crippen molar-refractivity contribution in [2.24, 2.45) is 4.99 Å². The van der Waals surface area contributed by atoms with E-state index in [-0.39, 0.29) is 0 Å². The average Bonchev–Trinajstić information content (AvgIpc) is 3.48. The van der Waals surface area contributed by atoms with Crippen LogP contribution in [0.5, 0.6) is 0 Å². The summed E-state index contributed by atoms with van der Waals surface area (Å²) in [6.45, 7) is 10.5. The molecule has 12 aromatic rings. The van der Waals surface area contributed by atoms with Crippen LogP contribution in [0.1, 0.15) is 30.5 Å². The van der Waals surface area contributed by atoms with Gasteiger partial charge in [-0.2, -0.15) is 0 Å². The number of aryl methyl sites for hydroxylation is 1. The van der Waals surface area contributed by atoms with Crippen molar-refractivity contribution in [2.45, 2.75) is 20.8 Å². The van der Waals surface area contributed by atoms with E-state index in [1.54, 1.807) is 0 Å². The van der Waals surface area contributed by atoms with Gasteiger partial charge in [-0.1, -0.05) is 224 Å². The van der Waals surface area contributed by atoms with Gasteiger partial charge in [0.05, 0.1) is 5.69 Å². The summed E-state index contributed by atoms with van der Waals surface area (Å²) in [6.07, 6.45) is 0. The van der Waals surface area contributed by atoms with E-state index in [2.05, 4.69) is 294 Å². The Balaban J connectivity index is 1.17. The van der Waals surface area contributed by atoms with Gasteiger partial charge in [-0.25, -0.2) is 0 Å². The van der Waals surface area contributed by atoms with Crippen molar-refractivity contribution in [1.29, 1.82) is 0 Å². The van der Waals surface area contributed by atoms with Crippen LogP contribution in [0, 0.1) is 6.92 Å². The smallest absolute Gasteiger partial charge is 0.0662 e. The van der Waals surface area contributed by atoms with E-state index in [0.29, 0.717) is 0 Å². The number of aliphatic imine (C=N–C) groups is 1. The van der Waals surface area contributed by atoms with Crippen LogP contribution >= 0.6 is 0 Å². The van der Waals surface area contributed by atoms with E-state index in [9.17, 15) is 0 Å². The summed E-state index contributed by atoms with van der Waals surface area (Å²) < 4.78 is 0. The van der Waals surface area contributed by atoms with Crippen LogP contribution in [0.3, 0.4) is 0 Å². The van der Waals surface area contributed by atoms with Crippen LogP contribution in [0.15, 0.2) is 278 Å². The van der Waals surface area contributed by atoms with Crippen molar-refractivity contribution in [2.75, 3.05) is 0 Å². The fourth-order valence-corrected chi connectivity index (χ4v) is 10.7. The molecule has 0 bridgehead atoms. The normalized spacial score (nSPS) is 11.5. The lowest BCUT2D eigenvalue weighted by Gasteiger charge is -2.22. The summed E-state index contributed by atoms with van der Waals surface area (Å²) in [4.78, 5) is 5.04. The molecule has 0 aliphatic rings. The second-order valence-corrected chi connectivity index (χ2v) is 19.8. The molecule has 1 nitrogen and oxygen atoms in total. The fourth-order valence-electron chi connectivity index (χ4n) is 10.7. The lowest BCUT2D eigenvalue weighted by Crippen LogP contribution is -1.95. The molecule has 12 rings (SSSR count). The van der Waals surface area contributed by atoms with Gasteiger partial charge >= 0.3 is 0 Å². The molecule has 0 heterocycles. The molecule has 0 aliphatic heterocycles. The number of nitrogens with zero attached hydrogens (tertiary/aromatic N) is 1. The molecule has 75 heavy (non-hydrogen) atoms. The molecule has 0 atom stereocenters. The molecule has 0 N–H and O–H groups in total. The SMILES string of the molecule is C=C(C)c1ccc(-c2ccc3c(-c4cc(-c5ccccc5)cc(-c5ccccc5)c4)c4cc(-c5ccc(C(C)=Nc6ccccc6C)cc5)ccc4c(-c4cc(-c5ccccc5)cc(-c5ccccc5)c4)c3c2)cc1. The highest BCUT2D eigenvalue weighted by atomic mass is 14.7. The van der Waals surface area contributed by atoms with Crippen molar-refractivity contribution < 1.29 is 0 Å². The maximum absolute atomic E-state index is 5.04. The third-order valence-electron chi connectivity index (χ3n) is 14.7. The summed E-state index contributed by atoms with van der Waals surface area (Å²) in [5.41, 5.74) is 25.2. The monoisotopic (exact) mass is 957 g/mol. The zero-order chi connectivity index (χ0) is 50.8. The largest absolute Gasteiger partial charge is 0.253 e.